The Morgan fingerprint density at radius 2 is 2.20 bits per heavy atom. The molecule has 2 N–H and O–H groups in total. The molecule has 1 heterocycles. The number of aryl methyl sites for hydroxylation is 1. The van der Waals surface area contributed by atoms with Crippen molar-refractivity contribution in [2.24, 2.45) is 5.73 Å². The number of primary amides is 1. The van der Waals surface area contributed by atoms with Gasteiger partial charge in [0.05, 0.1) is 6.61 Å². The summed E-state index contributed by atoms with van der Waals surface area (Å²) in [7, 11) is 0. The monoisotopic (exact) mass is 205 g/mol. The Bertz CT molecular complexity index is 399. The lowest BCUT2D eigenvalue weighted by atomic mass is 9.98. The van der Waals surface area contributed by atoms with Gasteiger partial charge >= 0.3 is 0 Å². The van der Waals surface area contributed by atoms with Crippen molar-refractivity contribution in [1.29, 1.82) is 0 Å². The lowest BCUT2D eigenvalue weighted by Crippen LogP contribution is -2.14. The van der Waals surface area contributed by atoms with E-state index in [-0.39, 0.29) is 5.91 Å². The Morgan fingerprint density at radius 3 is 2.93 bits per heavy atom. The average Bonchev–Trinajstić information content (AvgIpc) is 2.43. The highest BCUT2D eigenvalue weighted by molar-refractivity contribution is 5.95. The van der Waals surface area contributed by atoms with Crippen LogP contribution in [0.4, 0.5) is 0 Å². The highest BCUT2D eigenvalue weighted by Crippen LogP contribution is 2.30. The molecule has 0 saturated carbocycles. The molecule has 0 atom stereocenters. The molecular weight excluding hydrogens is 190 g/mol. The van der Waals surface area contributed by atoms with Gasteiger partial charge in [-0.15, -0.1) is 0 Å². The summed E-state index contributed by atoms with van der Waals surface area (Å²) in [6.07, 6.45) is 2.97. The maximum absolute atomic E-state index is 11.3. The predicted octanol–water partition coefficient (Wildman–Crippen LogP) is 1.81. The molecule has 15 heavy (non-hydrogen) atoms. The highest BCUT2D eigenvalue weighted by Gasteiger charge is 2.17. The Balaban J connectivity index is 2.56. The van der Waals surface area contributed by atoms with Crippen LogP contribution in [0.25, 0.3) is 0 Å². The third-order valence-corrected chi connectivity index (χ3v) is 2.79. The first-order valence-corrected chi connectivity index (χ1v) is 5.25. The van der Waals surface area contributed by atoms with Gasteiger partial charge in [-0.25, -0.2) is 0 Å². The van der Waals surface area contributed by atoms with Crippen molar-refractivity contribution in [3.8, 4) is 5.75 Å². The third-order valence-electron chi connectivity index (χ3n) is 2.79. The number of hydrogen-bond acceptors (Lipinski definition) is 2. The molecule has 1 aliphatic rings. The van der Waals surface area contributed by atoms with Crippen LogP contribution in [-0.2, 0) is 6.42 Å². The van der Waals surface area contributed by atoms with E-state index in [2.05, 4.69) is 0 Å². The number of hydrogen-bond donors (Lipinski definition) is 1. The molecule has 0 unspecified atom stereocenters. The van der Waals surface area contributed by atoms with E-state index in [9.17, 15) is 4.79 Å². The first-order chi connectivity index (χ1) is 7.20. The maximum atomic E-state index is 11.3. The molecule has 0 spiro atoms. The van der Waals surface area contributed by atoms with Crippen molar-refractivity contribution in [3.63, 3.8) is 0 Å². The fraction of sp³-hybridized carbons (Fsp3) is 0.417. The second kappa shape index (κ2) is 3.93. The fourth-order valence-electron chi connectivity index (χ4n) is 2.00. The van der Waals surface area contributed by atoms with E-state index >= 15 is 0 Å². The molecule has 1 amide bonds. The van der Waals surface area contributed by atoms with Crippen molar-refractivity contribution < 1.29 is 9.53 Å². The minimum absolute atomic E-state index is 0.364. The van der Waals surface area contributed by atoms with Crippen molar-refractivity contribution in [2.45, 2.75) is 26.2 Å². The number of carbonyl (C=O) groups excluding carboxylic acids is 1. The molecule has 80 valence electrons. The molecule has 0 bridgehead atoms. The van der Waals surface area contributed by atoms with E-state index in [1.54, 1.807) is 6.07 Å². The van der Waals surface area contributed by atoms with Crippen LogP contribution in [0.3, 0.4) is 0 Å². The number of amides is 1. The Hall–Kier alpha value is -1.51. The summed E-state index contributed by atoms with van der Waals surface area (Å²) in [5.41, 5.74) is 8.02. The van der Waals surface area contributed by atoms with E-state index in [0.717, 1.165) is 42.7 Å². The molecule has 2 rings (SSSR count). The summed E-state index contributed by atoms with van der Waals surface area (Å²) in [6, 6.07) is 3.69. The molecule has 0 radical (unpaired) electrons. The van der Waals surface area contributed by atoms with Crippen molar-refractivity contribution >= 4 is 5.91 Å². The Labute approximate surface area is 89.2 Å². The largest absolute Gasteiger partial charge is 0.493 e. The van der Waals surface area contributed by atoms with Crippen molar-refractivity contribution in [1.82, 2.24) is 0 Å². The van der Waals surface area contributed by atoms with Crippen molar-refractivity contribution in [3.05, 3.63) is 28.8 Å². The average molecular weight is 205 g/mol. The lowest BCUT2D eigenvalue weighted by molar-refractivity contribution is 0.0999. The predicted molar refractivity (Wildman–Crippen MR) is 58.1 cm³/mol. The van der Waals surface area contributed by atoms with Gasteiger partial charge in [-0.2, -0.15) is 0 Å². The minimum atomic E-state index is -0.364. The molecule has 0 fully saturated rings. The quantitative estimate of drug-likeness (QED) is 0.760. The van der Waals surface area contributed by atoms with Crippen LogP contribution in [0.5, 0.6) is 5.75 Å². The number of carbonyl (C=O) groups is 1. The zero-order valence-electron chi connectivity index (χ0n) is 8.88. The first-order valence-electron chi connectivity index (χ1n) is 5.25. The maximum Gasteiger partial charge on any atom is 0.249 e. The van der Waals surface area contributed by atoms with Gasteiger partial charge in [-0.1, -0.05) is 6.07 Å². The van der Waals surface area contributed by atoms with E-state index in [1.165, 1.54) is 0 Å². The van der Waals surface area contributed by atoms with Gasteiger partial charge in [0.2, 0.25) is 5.91 Å². The van der Waals surface area contributed by atoms with Crippen LogP contribution in [-0.4, -0.2) is 12.5 Å². The highest BCUT2D eigenvalue weighted by atomic mass is 16.5. The van der Waals surface area contributed by atoms with E-state index in [4.69, 9.17) is 10.5 Å². The molecule has 3 nitrogen and oxygen atoms in total. The fourth-order valence-corrected chi connectivity index (χ4v) is 2.00. The summed E-state index contributed by atoms with van der Waals surface area (Å²) < 4.78 is 5.66. The van der Waals surface area contributed by atoms with Gasteiger partial charge in [0, 0.05) is 11.1 Å². The molecule has 0 aromatic heterocycles. The molecule has 1 aliphatic heterocycles. The van der Waals surface area contributed by atoms with Crippen molar-refractivity contribution in [2.75, 3.05) is 6.61 Å². The minimum Gasteiger partial charge on any atom is -0.493 e. The number of fused-ring (bicyclic) bond motifs is 1. The van der Waals surface area contributed by atoms with Crippen LogP contribution >= 0.6 is 0 Å². The molecule has 1 aromatic carbocycles. The van der Waals surface area contributed by atoms with Gasteiger partial charge in [0.25, 0.3) is 0 Å². The number of nitrogens with two attached hydrogens (primary N) is 1. The SMILES string of the molecule is Cc1ccc(C(N)=O)c2c1OCCCC2. The van der Waals surface area contributed by atoms with E-state index in [0.29, 0.717) is 5.56 Å². The lowest BCUT2D eigenvalue weighted by Gasteiger charge is -2.12. The number of ether oxygens (including phenoxy) is 1. The summed E-state index contributed by atoms with van der Waals surface area (Å²) in [5, 5.41) is 0. The van der Waals surface area contributed by atoms with Crippen LogP contribution < -0.4 is 10.5 Å². The van der Waals surface area contributed by atoms with Crippen LogP contribution in [0.1, 0.15) is 34.3 Å². The summed E-state index contributed by atoms with van der Waals surface area (Å²) in [4.78, 5) is 11.3. The summed E-state index contributed by atoms with van der Waals surface area (Å²) >= 11 is 0. The zero-order chi connectivity index (χ0) is 10.8. The summed E-state index contributed by atoms with van der Waals surface area (Å²) in [6.45, 7) is 2.73. The van der Waals surface area contributed by atoms with Crippen LogP contribution in [0.15, 0.2) is 12.1 Å². The van der Waals surface area contributed by atoms with E-state index in [1.807, 2.05) is 13.0 Å². The molecule has 3 heteroatoms. The van der Waals surface area contributed by atoms with Gasteiger partial charge in [-0.05, 0) is 37.8 Å². The van der Waals surface area contributed by atoms with Gasteiger partial charge in [0.15, 0.2) is 0 Å². The number of rotatable bonds is 1. The molecule has 0 saturated heterocycles. The first kappa shape index (κ1) is 10.0. The zero-order valence-corrected chi connectivity index (χ0v) is 8.88. The smallest absolute Gasteiger partial charge is 0.249 e. The second-order valence-electron chi connectivity index (χ2n) is 3.91. The van der Waals surface area contributed by atoms with E-state index < -0.39 is 0 Å². The molecular formula is C12H15NO2. The third kappa shape index (κ3) is 1.82. The van der Waals surface area contributed by atoms with Crippen LogP contribution in [0.2, 0.25) is 0 Å². The molecule has 0 aliphatic carbocycles. The molecule has 1 aromatic rings. The Morgan fingerprint density at radius 1 is 1.40 bits per heavy atom. The van der Waals surface area contributed by atoms with Gasteiger partial charge in [-0.3, -0.25) is 4.79 Å². The standard InChI is InChI=1S/C12H15NO2/c1-8-5-6-10(12(13)14)9-4-2-3-7-15-11(8)9/h5-6H,2-4,7H2,1H3,(H2,13,14). The normalized spacial score (nSPS) is 15.0. The van der Waals surface area contributed by atoms with Gasteiger partial charge < -0.3 is 10.5 Å². The topological polar surface area (TPSA) is 52.3 Å². The second-order valence-corrected chi connectivity index (χ2v) is 3.91. The van der Waals surface area contributed by atoms with Crippen LogP contribution in [0, 0.1) is 6.92 Å². The van der Waals surface area contributed by atoms with Gasteiger partial charge in [0.1, 0.15) is 5.75 Å². The Kier molecular flexibility index (Phi) is 2.62. The summed E-state index contributed by atoms with van der Waals surface area (Å²) in [5.74, 6) is 0.501. The number of benzene rings is 1.